The molecule has 3 aliphatic heterocycles. The first-order chi connectivity index (χ1) is 20.5. The number of nitrogens with zero attached hydrogens (tertiary/aromatic N) is 5. The molecule has 2 atom stereocenters. The number of sulfonamides is 1. The third-order valence-corrected chi connectivity index (χ3v) is 10.5. The van der Waals surface area contributed by atoms with Crippen LogP contribution in [0.1, 0.15) is 49.5 Å². The van der Waals surface area contributed by atoms with E-state index in [2.05, 4.69) is 15.1 Å². The molecular formula is C30H44N6O6S. The summed E-state index contributed by atoms with van der Waals surface area (Å²) in [6.07, 6.45) is 3.53. The van der Waals surface area contributed by atoms with E-state index in [0.717, 1.165) is 36.7 Å². The third-order valence-electron chi connectivity index (χ3n) is 9.18. The Balaban J connectivity index is 1.13. The standard InChI is InChI=1S/C30H44N6O6S/c1-21(2)36-27-8-6-5-7-22(27)17-26(29(36)38)28(37)31-23-18-24-20-25(19-23)35(24)16-13-33(30(39)42-3)12-9-32-10-14-34(15-11-32)43(4,40)41/h5-8,17,21,23-25H,9-16,18-20H2,1-4H3,(H,31,37). The van der Waals surface area contributed by atoms with Crippen molar-refractivity contribution in [1.82, 2.24) is 28.9 Å². The second-order valence-corrected chi connectivity index (χ2v) is 14.3. The fraction of sp³-hybridized carbons (Fsp3) is 0.633. The number of hydrogen-bond donors (Lipinski definition) is 1. The molecule has 2 aromatic rings. The summed E-state index contributed by atoms with van der Waals surface area (Å²) < 4.78 is 31.8. The fourth-order valence-electron chi connectivity index (χ4n) is 6.87. The molecule has 2 unspecified atom stereocenters. The van der Waals surface area contributed by atoms with Crippen molar-refractivity contribution >= 4 is 32.9 Å². The minimum Gasteiger partial charge on any atom is -0.453 e. The zero-order valence-corrected chi connectivity index (χ0v) is 26.4. The number of fused-ring (bicyclic) bond motifs is 3. The van der Waals surface area contributed by atoms with Gasteiger partial charge in [-0.1, -0.05) is 18.2 Å². The Morgan fingerprint density at radius 2 is 1.67 bits per heavy atom. The molecule has 1 aromatic carbocycles. The molecule has 1 saturated carbocycles. The summed E-state index contributed by atoms with van der Waals surface area (Å²) in [4.78, 5) is 45.4. The highest BCUT2D eigenvalue weighted by Crippen LogP contribution is 2.38. The quantitative estimate of drug-likeness (QED) is 0.427. The van der Waals surface area contributed by atoms with Gasteiger partial charge < -0.3 is 19.5 Å². The monoisotopic (exact) mass is 616 g/mol. The van der Waals surface area contributed by atoms with Gasteiger partial charge in [-0.25, -0.2) is 13.2 Å². The summed E-state index contributed by atoms with van der Waals surface area (Å²) in [5, 5.41) is 4.01. The minimum absolute atomic E-state index is 0.00631. The van der Waals surface area contributed by atoms with Crippen LogP contribution in [0.25, 0.3) is 10.9 Å². The molecule has 6 rings (SSSR count). The molecule has 43 heavy (non-hydrogen) atoms. The summed E-state index contributed by atoms with van der Waals surface area (Å²) >= 11 is 0. The summed E-state index contributed by atoms with van der Waals surface area (Å²) in [6, 6.07) is 9.90. The Morgan fingerprint density at radius 1 is 1.02 bits per heavy atom. The van der Waals surface area contributed by atoms with Crippen molar-refractivity contribution in [2.24, 2.45) is 0 Å². The first-order valence-corrected chi connectivity index (χ1v) is 17.0. The van der Waals surface area contributed by atoms with Crippen LogP contribution in [0.4, 0.5) is 4.79 Å². The SMILES string of the molecule is COC(=O)N(CCN1CCN(S(C)(=O)=O)CC1)CCN1C2CC(NC(=O)c3cc4ccccc4n(C(C)C)c3=O)CC1C2. The van der Waals surface area contributed by atoms with Gasteiger partial charge in [0.05, 0.1) is 18.9 Å². The highest BCUT2D eigenvalue weighted by Gasteiger charge is 2.45. The van der Waals surface area contributed by atoms with Crippen LogP contribution >= 0.6 is 0 Å². The number of rotatable bonds is 10. The summed E-state index contributed by atoms with van der Waals surface area (Å²) in [5.41, 5.74) is 0.730. The molecule has 12 nitrogen and oxygen atoms in total. The van der Waals surface area contributed by atoms with Gasteiger partial charge in [0.2, 0.25) is 10.0 Å². The van der Waals surface area contributed by atoms with E-state index in [9.17, 15) is 22.8 Å². The summed E-state index contributed by atoms with van der Waals surface area (Å²) in [6.45, 7) is 8.49. The van der Waals surface area contributed by atoms with Crippen molar-refractivity contribution in [3.63, 3.8) is 0 Å². The Labute approximate surface area is 253 Å². The molecule has 1 aliphatic carbocycles. The van der Waals surface area contributed by atoms with Gasteiger partial charge in [0.25, 0.3) is 11.5 Å². The number of carbonyl (C=O) groups excluding carboxylic acids is 2. The van der Waals surface area contributed by atoms with E-state index < -0.39 is 10.0 Å². The van der Waals surface area contributed by atoms with Gasteiger partial charge >= 0.3 is 6.09 Å². The molecule has 236 valence electrons. The molecular weight excluding hydrogens is 572 g/mol. The van der Waals surface area contributed by atoms with Gasteiger partial charge in [0.15, 0.2) is 0 Å². The van der Waals surface area contributed by atoms with Crippen LogP contribution in [0.3, 0.4) is 0 Å². The first-order valence-electron chi connectivity index (χ1n) is 15.2. The number of piperazine rings is 1. The number of amides is 2. The number of piperidine rings is 1. The van der Waals surface area contributed by atoms with Gasteiger partial charge in [-0.2, -0.15) is 4.31 Å². The number of aromatic nitrogens is 1. The van der Waals surface area contributed by atoms with Crippen LogP contribution in [0.15, 0.2) is 35.1 Å². The maximum absolute atomic E-state index is 13.3. The number of methoxy groups -OCH3 is 1. The van der Waals surface area contributed by atoms with E-state index in [1.807, 2.05) is 38.1 Å². The topological polar surface area (TPSA) is 124 Å². The second-order valence-electron chi connectivity index (χ2n) is 12.3. The number of para-hydroxylation sites is 1. The van der Waals surface area contributed by atoms with E-state index in [-0.39, 0.29) is 35.2 Å². The Bertz CT molecular complexity index is 1490. The van der Waals surface area contributed by atoms with Gasteiger partial charge in [-0.3, -0.25) is 19.4 Å². The van der Waals surface area contributed by atoms with Crippen molar-refractivity contribution in [1.29, 1.82) is 0 Å². The van der Waals surface area contributed by atoms with E-state index in [1.54, 1.807) is 15.5 Å². The lowest BCUT2D eigenvalue weighted by atomic mass is 9.76. The second kappa shape index (κ2) is 12.9. The molecule has 0 spiro atoms. The molecule has 4 heterocycles. The zero-order chi connectivity index (χ0) is 30.9. The Morgan fingerprint density at radius 3 is 2.30 bits per heavy atom. The largest absolute Gasteiger partial charge is 0.453 e. The van der Waals surface area contributed by atoms with E-state index in [0.29, 0.717) is 57.9 Å². The number of pyridine rings is 1. The minimum atomic E-state index is -3.18. The first kappa shape index (κ1) is 31.4. The molecule has 2 amide bonds. The predicted molar refractivity (Wildman–Crippen MR) is 165 cm³/mol. The van der Waals surface area contributed by atoms with Gasteiger partial charge in [0, 0.05) is 76.5 Å². The van der Waals surface area contributed by atoms with Crippen LogP contribution < -0.4 is 10.9 Å². The van der Waals surface area contributed by atoms with Crippen molar-refractivity contribution in [3.05, 3.63) is 46.2 Å². The Hall–Kier alpha value is -3.00. The van der Waals surface area contributed by atoms with Gasteiger partial charge in [-0.05, 0) is 50.6 Å². The number of ether oxygens (including phenoxy) is 1. The normalized spacial score (nSPS) is 23.2. The summed E-state index contributed by atoms with van der Waals surface area (Å²) in [7, 11) is -1.80. The number of carbonyl (C=O) groups is 2. The molecule has 1 aromatic heterocycles. The predicted octanol–water partition coefficient (Wildman–Crippen LogP) is 1.56. The average molecular weight is 617 g/mol. The van der Waals surface area contributed by atoms with Crippen molar-refractivity contribution in [2.75, 3.05) is 65.7 Å². The lowest BCUT2D eigenvalue weighted by Gasteiger charge is -2.55. The summed E-state index contributed by atoms with van der Waals surface area (Å²) in [5.74, 6) is -0.322. The van der Waals surface area contributed by atoms with Crippen LogP contribution in [-0.2, 0) is 14.8 Å². The maximum atomic E-state index is 13.3. The smallest absolute Gasteiger partial charge is 0.409 e. The average Bonchev–Trinajstić information content (AvgIpc) is 2.97. The van der Waals surface area contributed by atoms with Crippen LogP contribution in [0.5, 0.6) is 0 Å². The molecule has 1 N–H and O–H groups in total. The van der Waals surface area contributed by atoms with Crippen LogP contribution in [0.2, 0.25) is 0 Å². The highest BCUT2D eigenvalue weighted by atomic mass is 32.2. The van der Waals surface area contributed by atoms with Crippen molar-refractivity contribution < 1.29 is 22.7 Å². The number of hydrogen-bond acceptors (Lipinski definition) is 8. The number of benzene rings is 1. The van der Waals surface area contributed by atoms with Crippen LogP contribution in [-0.4, -0.2) is 128 Å². The Kier molecular flexibility index (Phi) is 9.45. The lowest BCUT2D eigenvalue weighted by Crippen LogP contribution is -2.65. The zero-order valence-electron chi connectivity index (χ0n) is 25.6. The fourth-order valence-corrected chi connectivity index (χ4v) is 7.70. The molecule has 0 radical (unpaired) electrons. The van der Waals surface area contributed by atoms with Crippen molar-refractivity contribution in [3.8, 4) is 0 Å². The number of nitrogens with one attached hydrogen (secondary N) is 1. The molecule has 3 saturated heterocycles. The highest BCUT2D eigenvalue weighted by molar-refractivity contribution is 7.88. The van der Waals surface area contributed by atoms with Gasteiger partial charge in [0.1, 0.15) is 5.56 Å². The van der Waals surface area contributed by atoms with Crippen molar-refractivity contribution in [2.45, 2.75) is 57.3 Å². The van der Waals surface area contributed by atoms with E-state index in [4.69, 9.17) is 4.74 Å². The molecule has 4 fully saturated rings. The molecule has 2 bridgehead atoms. The van der Waals surface area contributed by atoms with E-state index in [1.165, 1.54) is 17.7 Å². The van der Waals surface area contributed by atoms with E-state index >= 15 is 0 Å². The molecule has 13 heteroatoms. The van der Waals surface area contributed by atoms with Gasteiger partial charge in [-0.15, -0.1) is 0 Å². The lowest BCUT2D eigenvalue weighted by molar-refractivity contribution is -0.0439. The maximum Gasteiger partial charge on any atom is 0.409 e. The van der Waals surface area contributed by atoms with Crippen LogP contribution in [0, 0.1) is 0 Å². The molecule has 4 aliphatic rings. The third kappa shape index (κ3) is 6.89.